The number of H-pyrrole nitrogens is 1. The van der Waals surface area contributed by atoms with Gasteiger partial charge in [-0.15, -0.1) is 11.8 Å². The number of halogens is 3. The predicted octanol–water partition coefficient (Wildman–Crippen LogP) is 3.89. The van der Waals surface area contributed by atoms with E-state index in [9.17, 15) is 13.2 Å². The summed E-state index contributed by atoms with van der Waals surface area (Å²) in [6.45, 7) is 0. The molecule has 1 aliphatic carbocycles. The number of hydrogen-bond acceptors (Lipinski definition) is 5. The maximum Gasteiger partial charge on any atom is 0.434 e. The first kappa shape index (κ1) is 18.7. The number of nitrogens with zero attached hydrogens (tertiary/aromatic N) is 5. The highest BCUT2D eigenvalue weighted by Gasteiger charge is 2.40. The second-order valence-electron chi connectivity index (χ2n) is 6.61. The van der Waals surface area contributed by atoms with Crippen LogP contribution >= 0.6 is 11.8 Å². The number of nitrogens with one attached hydrogen (secondary N) is 1. The molecule has 4 rings (SSSR count). The minimum Gasteiger partial charge on any atom is -0.324 e. The van der Waals surface area contributed by atoms with Crippen LogP contribution in [0.4, 0.5) is 13.2 Å². The zero-order valence-corrected chi connectivity index (χ0v) is 15.8. The van der Waals surface area contributed by atoms with E-state index in [0.717, 1.165) is 11.6 Å². The van der Waals surface area contributed by atoms with Gasteiger partial charge >= 0.3 is 6.18 Å². The van der Waals surface area contributed by atoms with E-state index in [-0.39, 0.29) is 0 Å². The summed E-state index contributed by atoms with van der Waals surface area (Å²) in [6.07, 6.45) is 10.0. The van der Waals surface area contributed by atoms with Gasteiger partial charge < -0.3 is 4.57 Å². The van der Waals surface area contributed by atoms with E-state index in [1.54, 1.807) is 10.8 Å². The van der Waals surface area contributed by atoms with Crippen molar-refractivity contribution in [1.82, 2.24) is 29.7 Å². The van der Waals surface area contributed by atoms with Crippen molar-refractivity contribution in [1.29, 1.82) is 0 Å². The molecule has 146 valence electrons. The predicted molar refractivity (Wildman–Crippen MR) is 101 cm³/mol. The number of rotatable bonds is 5. The van der Waals surface area contributed by atoms with Crippen LogP contribution in [-0.2, 0) is 23.9 Å². The van der Waals surface area contributed by atoms with E-state index in [1.807, 2.05) is 30.6 Å². The Bertz CT molecular complexity index is 1050. The fourth-order valence-electron chi connectivity index (χ4n) is 3.48. The van der Waals surface area contributed by atoms with Gasteiger partial charge in [-0.1, -0.05) is 24.3 Å². The molecule has 0 bridgehead atoms. The average Bonchev–Trinajstić information content (AvgIpc) is 3.30. The Morgan fingerprint density at radius 1 is 1.29 bits per heavy atom. The highest BCUT2D eigenvalue weighted by molar-refractivity contribution is 7.97. The first-order valence-electron chi connectivity index (χ1n) is 8.54. The molecule has 1 N–H and O–H groups in total. The highest BCUT2D eigenvalue weighted by atomic mass is 32.2. The van der Waals surface area contributed by atoms with Crippen LogP contribution in [0.3, 0.4) is 0 Å². The van der Waals surface area contributed by atoms with E-state index in [1.165, 1.54) is 18.1 Å². The van der Waals surface area contributed by atoms with Gasteiger partial charge in [0.2, 0.25) is 0 Å². The van der Waals surface area contributed by atoms with Gasteiger partial charge in [-0.05, 0) is 12.7 Å². The summed E-state index contributed by atoms with van der Waals surface area (Å²) in [5, 5.41) is 7.55. The molecule has 0 radical (unpaired) electrons. The standard InChI is InChI=1S/C18H17F3N6S/c1-28-11-27-9-14(18(19,20)21)25-16(27)17(5-3-2-4-6-17)7-13-12-8-24-26-15(12)23-10-22-13/h2-5,8-10H,6-7,11H2,1H3,(H,22,23,24,26). The SMILES string of the molecule is CSCn1cc(C(F)(F)F)nc1C1(Cc2ncnc3[nH]ncc23)C=CC=CC1. The molecular formula is C18H17F3N6S. The lowest BCUT2D eigenvalue weighted by molar-refractivity contribution is -0.141. The van der Waals surface area contributed by atoms with Crippen molar-refractivity contribution < 1.29 is 13.2 Å². The van der Waals surface area contributed by atoms with Crippen molar-refractivity contribution in [3.05, 3.63) is 60.2 Å². The van der Waals surface area contributed by atoms with Crippen molar-refractivity contribution in [2.45, 2.75) is 30.3 Å². The van der Waals surface area contributed by atoms with E-state index in [0.29, 0.717) is 35.9 Å². The number of aromatic amines is 1. The molecule has 1 atom stereocenters. The molecule has 0 amide bonds. The molecule has 0 saturated carbocycles. The molecule has 6 nitrogen and oxygen atoms in total. The summed E-state index contributed by atoms with van der Waals surface area (Å²) in [5.74, 6) is 0.757. The first-order valence-corrected chi connectivity index (χ1v) is 9.93. The minimum atomic E-state index is -4.50. The zero-order valence-electron chi connectivity index (χ0n) is 14.9. The van der Waals surface area contributed by atoms with Crippen molar-refractivity contribution in [2.24, 2.45) is 0 Å². The van der Waals surface area contributed by atoms with Gasteiger partial charge in [0.25, 0.3) is 0 Å². The third-order valence-electron chi connectivity index (χ3n) is 4.74. The number of allylic oxidation sites excluding steroid dienone is 4. The van der Waals surface area contributed by atoms with Crippen LogP contribution in [0.1, 0.15) is 23.6 Å². The quantitative estimate of drug-likeness (QED) is 0.696. The van der Waals surface area contributed by atoms with Crippen LogP contribution in [0.5, 0.6) is 0 Å². The summed E-state index contributed by atoms with van der Waals surface area (Å²) in [6, 6.07) is 0. The monoisotopic (exact) mass is 406 g/mol. The van der Waals surface area contributed by atoms with Gasteiger partial charge in [-0.2, -0.15) is 18.3 Å². The maximum atomic E-state index is 13.4. The molecule has 10 heteroatoms. The van der Waals surface area contributed by atoms with Gasteiger partial charge in [0, 0.05) is 12.6 Å². The molecule has 0 saturated heterocycles. The maximum absolute atomic E-state index is 13.4. The molecule has 1 unspecified atom stereocenters. The smallest absolute Gasteiger partial charge is 0.324 e. The second kappa shape index (κ2) is 7.08. The number of fused-ring (bicyclic) bond motifs is 1. The summed E-state index contributed by atoms with van der Waals surface area (Å²) in [4.78, 5) is 12.6. The molecular weight excluding hydrogens is 389 g/mol. The summed E-state index contributed by atoms with van der Waals surface area (Å²) < 4.78 is 41.7. The highest BCUT2D eigenvalue weighted by Crippen LogP contribution is 2.39. The fourth-order valence-corrected chi connectivity index (χ4v) is 3.96. The number of thioether (sulfide) groups is 1. The van der Waals surface area contributed by atoms with Gasteiger partial charge in [0.05, 0.1) is 28.6 Å². The van der Waals surface area contributed by atoms with Gasteiger partial charge in [0.1, 0.15) is 12.2 Å². The van der Waals surface area contributed by atoms with Crippen molar-refractivity contribution in [2.75, 3.05) is 6.26 Å². The Morgan fingerprint density at radius 3 is 2.86 bits per heavy atom. The molecule has 0 aliphatic heterocycles. The molecule has 1 aliphatic rings. The van der Waals surface area contributed by atoms with Crippen LogP contribution in [0.15, 0.2) is 43.0 Å². The normalized spacial score (nSPS) is 19.6. The van der Waals surface area contributed by atoms with Crippen LogP contribution in [0.2, 0.25) is 0 Å². The third-order valence-corrected chi connectivity index (χ3v) is 5.27. The number of hydrogen-bond donors (Lipinski definition) is 1. The fraction of sp³-hybridized carbons (Fsp3) is 0.333. The molecule has 0 aromatic carbocycles. The zero-order chi connectivity index (χ0) is 19.8. The van der Waals surface area contributed by atoms with E-state index >= 15 is 0 Å². The Labute approximate surface area is 163 Å². The van der Waals surface area contributed by atoms with Crippen LogP contribution in [0.25, 0.3) is 11.0 Å². The Morgan fingerprint density at radius 2 is 2.14 bits per heavy atom. The lowest BCUT2D eigenvalue weighted by atomic mass is 9.76. The molecule has 0 spiro atoms. The molecule has 28 heavy (non-hydrogen) atoms. The summed E-state index contributed by atoms with van der Waals surface area (Å²) in [7, 11) is 0. The van der Waals surface area contributed by atoms with Crippen molar-refractivity contribution in [3.63, 3.8) is 0 Å². The first-order chi connectivity index (χ1) is 13.4. The largest absolute Gasteiger partial charge is 0.434 e. The molecule has 3 aromatic heterocycles. The van der Waals surface area contributed by atoms with Crippen LogP contribution in [-0.4, -0.2) is 36.0 Å². The molecule has 3 heterocycles. The summed E-state index contributed by atoms with van der Waals surface area (Å²) >= 11 is 1.44. The Kier molecular flexibility index (Phi) is 4.74. The Balaban J connectivity index is 1.85. The van der Waals surface area contributed by atoms with Crippen molar-refractivity contribution >= 4 is 22.8 Å². The number of imidazole rings is 1. The number of alkyl halides is 3. The van der Waals surface area contributed by atoms with Gasteiger partial charge in [-0.25, -0.2) is 15.0 Å². The van der Waals surface area contributed by atoms with Crippen LogP contribution < -0.4 is 0 Å². The molecule has 0 fully saturated rings. The number of aromatic nitrogens is 6. The second-order valence-corrected chi connectivity index (χ2v) is 7.45. The van der Waals surface area contributed by atoms with E-state index in [2.05, 4.69) is 25.1 Å². The molecule has 3 aromatic rings. The third kappa shape index (κ3) is 3.32. The average molecular weight is 406 g/mol. The van der Waals surface area contributed by atoms with Crippen LogP contribution in [0, 0.1) is 0 Å². The lowest BCUT2D eigenvalue weighted by Gasteiger charge is -2.31. The van der Waals surface area contributed by atoms with E-state index in [4.69, 9.17) is 0 Å². The van der Waals surface area contributed by atoms with Gasteiger partial charge in [0.15, 0.2) is 11.3 Å². The summed E-state index contributed by atoms with van der Waals surface area (Å²) in [5.41, 5.74) is -0.313. The van der Waals surface area contributed by atoms with Crippen molar-refractivity contribution in [3.8, 4) is 0 Å². The minimum absolute atomic E-state index is 0.378. The topological polar surface area (TPSA) is 72.3 Å². The van der Waals surface area contributed by atoms with Gasteiger partial charge in [-0.3, -0.25) is 5.10 Å². The van der Waals surface area contributed by atoms with E-state index < -0.39 is 17.3 Å². The lowest BCUT2D eigenvalue weighted by Crippen LogP contribution is -2.31. The Hall–Kier alpha value is -2.62.